The lowest BCUT2D eigenvalue weighted by atomic mass is 9.73. The van der Waals surface area contributed by atoms with E-state index >= 15 is 0 Å². The third kappa shape index (κ3) is 3.51. The van der Waals surface area contributed by atoms with Crippen molar-refractivity contribution in [2.45, 2.75) is 52.1 Å². The topological polar surface area (TPSA) is 78.4 Å². The maximum atomic E-state index is 13.5. The summed E-state index contributed by atoms with van der Waals surface area (Å²) < 4.78 is 13.5. The summed E-state index contributed by atoms with van der Waals surface area (Å²) in [5.74, 6) is 2.24. The van der Waals surface area contributed by atoms with Crippen molar-refractivity contribution in [1.29, 1.82) is 0 Å². The summed E-state index contributed by atoms with van der Waals surface area (Å²) in [6, 6.07) is 4.20. The Hall–Kier alpha value is -3.03. The van der Waals surface area contributed by atoms with E-state index in [0.29, 0.717) is 36.2 Å². The molecule has 2 aliphatic heterocycles. The monoisotopic (exact) mass is 437 g/mol. The first kappa shape index (κ1) is 20.8. The number of carbonyl (C=O) groups excluding carboxylic acids is 2. The van der Waals surface area contributed by atoms with E-state index in [9.17, 15) is 14.0 Å². The van der Waals surface area contributed by atoms with Gasteiger partial charge in [-0.15, -0.1) is 0 Å². The Labute approximate surface area is 187 Å². The van der Waals surface area contributed by atoms with Crippen molar-refractivity contribution in [3.05, 3.63) is 46.7 Å². The number of nitrogens with one attached hydrogen (secondary N) is 1. The molecule has 2 amide bonds. The van der Waals surface area contributed by atoms with Gasteiger partial charge >= 0.3 is 0 Å². The predicted octanol–water partition coefficient (Wildman–Crippen LogP) is 3.32. The largest absolute Gasteiger partial charge is 0.346 e. The van der Waals surface area contributed by atoms with Crippen LogP contribution in [-0.2, 0) is 17.8 Å². The van der Waals surface area contributed by atoms with Crippen molar-refractivity contribution in [3.63, 3.8) is 0 Å². The van der Waals surface area contributed by atoms with Gasteiger partial charge in [0.15, 0.2) is 5.82 Å². The highest BCUT2D eigenvalue weighted by Crippen LogP contribution is 2.39. The third-order valence-corrected chi connectivity index (χ3v) is 7.09. The maximum absolute atomic E-state index is 13.5. The molecule has 1 N–H and O–H groups in total. The maximum Gasteiger partial charge on any atom is 0.254 e. The van der Waals surface area contributed by atoms with Gasteiger partial charge in [0.05, 0.1) is 5.69 Å². The highest BCUT2D eigenvalue weighted by atomic mass is 19.1. The minimum Gasteiger partial charge on any atom is -0.346 e. The molecular weight excluding hydrogens is 409 g/mol. The first-order valence-corrected chi connectivity index (χ1v) is 11.3. The van der Waals surface area contributed by atoms with E-state index in [0.717, 1.165) is 48.6 Å². The minimum atomic E-state index is -0.294. The molecule has 32 heavy (non-hydrogen) atoms. The van der Waals surface area contributed by atoms with Crippen molar-refractivity contribution >= 4 is 23.3 Å². The summed E-state index contributed by atoms with van der Waals surface area (Å²) >= 11 is 0. The van der Waals surface area contributed by atoms with Crippen LogP contribution in [0.3, 0.4) is 0 Å². The molecule has 1 aromatic carbocycles. The van der Waals surface area contributed by atoms with Gasteiger partial charge in [0, 0.05) is 32.1 Å². The predicted molar refractivity (Wildman–Crippen MR) is 119 cm³/mol. The van der Waals surface area contributed by atoms with Crippen molar-refractivity contribution in [1.82, 2.24) is 14.9 Å². The van der Waals surface area contributed by atoms with Crippen molar-refractivity contribution in [2.75, 3.05) is 23.8 Å². The van der Waals surface area contributed by atoms with Crippen LogP contribution in [0.4, 0.5) is 15.9 Å². The van der Waals surface area contributed by atoms with Crippen LogP contribution >= 0.6 is 0 Å². The molecule has 2 aromatic rings. The molecule has 1 aliphatic carbocycles. The van der Waals surface area contributed by atoms with Crippen LogP contribution in [-0.4, -0.2) is 46.3 Å². The Kier molecular flexibility index (Phi) is 5.10. The summed E-state index contributed by atoms with van der Waals surface area (Å²) in [7, 11) is 1.91. The van der Waals surface area contributed by atoms with Crippen molar-refractivity contribution < 1.29 is 14.0 Å². The molecule has 8 heteroatoms. The average molecular weight is 438 g/mol. The number of likely N-dealkylation sites (N-methyl/N-ethyl adjacent to an activating group) is 1. The van der Waals surface area contributed by atoms with E-state index in [1.807, 2.05) is 30.7 Å². The Bertz CT molecular complexity index is 1100. The number of rotatable bonds is 5. The molecule has 1 atom stereocenters. The quantitative estimate of drug-likeness (QED) is 0.777. The number of amides is 2. The van der Waals surface area contributed by atoms with Crippen molar-refractivity contribution in [3.8, 4) is 0 Å². The fourth-order valence-corrected chi connectivity index (χ4v) is 5.35. The molecule has 1 aromatic heterocycles. The molecule has 0 spiro atoms. The lowest BCUT2D eigenvalue weighted by Crippen LogP contribution is -2.46. The van der Waals surface area contributed by atoms with E-state index < -0.39 is 0 Å². The number of aryl methyl sites for hydroxylation is 1. The minimum absolute atomic E-state index is 0.00709. The molecule has 5 rings (SSSR count). The average Bonchev–Trinajstić information content (AvgIpc) is 3.02. The van der Waals surface area contributed by atoms with Crippen LogP contribution in [0.5, 0.6) is 0 Å². The van der Waals surface area contributed by atoms with E-state index in [2.05, 4.69) is 10.3 Å². The smallest absolute Gasteiger partial charge is 0.254 e. The third-order valence-electron chi connectivity index (χ3n) is 7.09. The second-order valence-corrected chi connectivity index (χ2v) is 9.34. The van der Waals surface area contributed by atoms with E-state index in [-0.39, 0.29) is 23.7 Å². The number of benzene rings is 1. The number of hydrogen-bond acceptors (Lipinski definition) is 5. The molecule has 0 saturated heterocycles. The molecule has 168 valence electrons. The summed E-state index contributed by atoms with van der Waals surface area (Å²) in [6.45, 7) is 5.11. The molecular formula is C24H28FN5O2. The summed E-state index contributed by atoms with van der Waals surface area (Å²) in [6.07, 6.45) is 3.56. The highest BCUT2D eigenvalue weighted by Gasteiger charge is 2.36. The fourth-order valence-electron chi connectivity index (χ4n) is 5.35. The van der Waals surface area contributed by atoms with Crippen molar-refractivity contribution in [2.24, 2.45) is 11.8 Å². The first-order valence-electron chi connectivity index (χ1n) is 11.3. The van der Waals surface area contributed by atoms with Crippen LogP contribution in [0.1, 0.15) is 53.6 Å². The zero-order valence-electron chi connectivity index (χ0n) is 18.7. The lowest BCUT2D eigenvalue weighted by molar-refractivity contribution is -0.117. The molecule has 0 radical (unpaired) electrons. The molecule has 0 unspecified atom stereocenters. The Balaban J connectivity index is 1.20. The summed E-state index contributed by atoms with van der Waals surface area (Å²) in [5.41, 5.74) is 2.91. The highest BCUT2D eigenvalue weighted by molar-refractivity contribution is 6.03. The van der Waals surface area contributed by atoms with E-state index in [1.54, 1.807) is 6.07 Å². The molecule has 1 fully saturated rings. The zero-order chi connectivity index (χ0) is 22.6. The Morgan fingerprint density at radius 2 is 1.97 bits per heavy atom. The second-order valence-electron chi connectivity index (χ2n) is 9.34. The van der Waals surface area contributed by atoms with Gasteiger partial charge in [0.25, 0.3) is 5.91 Å². The molecule has 7 nitrogen and oxygen atoms in total. The Morgan fingerprint density at radius 1 is 1.19 bits per heavy atom. The molecule has 1 saturated carbocycles. The SMILES string of the molecule is CC[C@H]1C(=O)Nc2c(C)nc(CC3CC(CN4Cc5cc(F)ccc5C4=O)C3)nc2N1C. The number of aromatic nitrogens is 2. The van der Waals surface area contributed by atoms with Crippen LogP contribution in [0.25, 0.3) is 0 Å². The van der Waals surface area contributed by atoms with Crippen LogP contribution in [0, 0.1) is 24.6 Å². The van der Waals surface area contributed by atoms with E-state index in [4.69, 9.17) is 4.98 Å². The Morgan fingerprint density at radius 3 is 2.72 bits per heavy atom. The van der Waals surface area contributed by atoms with Gasteiger partial charge in [0.1, 0.15) is 23.4 Å². The standard InChI is InChI=1S/C24H28FN5O2/c1-4-19-23(31)28-21-13(2)26-20(27-22(21)29(19)3)9-14-7-15(8-14)11-30-12-16-10-17(25)5-6-18(16)24(30)32/h5-6,10,14-15,19H,4,7-9,11-12H2,1-3H3,(H,28,31)/t14?,15?,19-/m0/s1. The molecule has 0 bridgehead atoms. The molecule has 3 aliphatic rings. The normalized spacial score (nSPS) is 24.2. The number of carbonyl (C=O) groups is 2. The van der Waals surface area contributed by atoms with Gasteiger partial charge in [-0.2, -0.15) is 0 Å². The summed E-state index contributed by atoms with van der Waals surface area (Å²) in [5, 5.41) is 2.96. The first-order chi connectivity index (χ1) is 15.3. The van der Waals surface area contributed by atoms with Gasteiger partial charge in [-0.1, -0.05) is 6.92 Å². The summed E-state index contributed by atoms with van der Waals surface area (Å²) in [4.78, 5) is 38.1. The second kappa shape index (κ2) is 7.83. The number of halogens is 1. The van der Waals surface area contributed by atoms with Crippen LogP contribution < -0.4 is 10.2 Å². The van der Waals surface area contributed by atoms with Gasteiger partial charge in [-0.3, -0.25) is 9.59 Å². The van der Waals surface area contributed by atoms with Gasteiger partial charge in [-0.05, 0) is 61.8 Å². The molecule has 3 heterocycles. The van der Waals surface area contributed by atoms with Gasteiger partial charge in [0.2, 0.25) is 5.91 Å². The lowest BCUT2D eigenvalue weighted by Gasteiger charge is -2.38. The number of fused-ring (bicyclic) bond motifs is 2. The van der Waals surface area contributed by atoms with Gasteiger partial charge in [-0.25, -0.2) is 14.4 Å². The van der Waals surface area contributed by atoms with E-state index in [1.165, 1.54) is 12.1 Å². The number of hydrogen-bond donors (Lipinski definition) is 1. The van der Waals surface area contributed by atoms with Crippen LogP contribution in [0.15, 0.2) is 18.2 Å². The van der Waals surface area contributed by atoms with Crippen LogP contribution in [0.2, 0.25) is 0 Å². The van der Waals surface area contributed by atoms with Gasteiger partial charge < -0.3 is 15.1 Å². The number of nitrogens with zero attached hydrogens (tertiary/aromatic N) is 4. The fraction of sp³-hybridized carbons (Fsp3) is 0.500. The number of anilines is 2. The zero-order valence-corrected chi connectivity index (χ0v) is 18.7.